The molecule has 0 aliphatic heterocycles. The molecule has 0 aliphatic rings. The Bertz CT molecular complexity index is 233. The van der Waals surface area contributed by atoms with Gasteiger partial charge in [0.05, 0.1) is 0 Å². The molecule has 0 aromatic carbocycles. The molecule has 0 saturated heterocycles. The summed E-state index contributed by atoms with van der Waals surface area (Å²) < 4.78 is 4.05. The standard InChI is InChI=1S/C7H14N4S/c1-5(8)3-4-9-7-10-6(2)11-12-7/h5H,3-4,8H2,1-2H3,(H,9,10,11). The molecule has 3 N–H and O–H groups in total. The zero-order chi connectivity index (χ0) is 8.97. The summed E-state index contributed by atoms with van der Waals surface area (Å²) in [4.78, 5) is 4.16. The van der Waals surface area contributed by atoms with Gasteiger partial charge in [0.15, 0.2) is 0 Å². The smallest absolute Gasteiger partial charge is 0.202 e. The van der Waals surface area contributed by atoms with Crippen molar-refractivity contribution in [1.29, 1.82) is 0 Å². The van der Waals surface area contributed by atoms with E-state index in [2.05, 4.69) is 14.7 Å². The Morgan fingerprint density at radius 3 is 2.92 bits per heavy atom. The molecule has 0 spiro atoms. The molecule has 0 amide bonds. The Balaban J connectivity index is 2.24. The summed E-state index contributed by atoms with van der Waals surface area (Å²) in [7, 11) is 0. The van der Waals surface area contributed by atoms with Gasteiger partial charge in [0.1, 0.15) is 5.82 Å². The van der Waals surface area contributed by atoms with E-state index in [9.17, 15) is 0 Å². The zero-order valence-corrected chi connectivity index (χ0v) is 8.19. The average Bonchev–Trinajstić information content (AvgIpc) is 2.35. The number of hydrogen-bond acceptors (Lipinski definition) is 5. The normalized spacial score (nSPS) is 12.9. The van der Waals surface area contributed by atoms with Gasteiger partial charge < -0.3 is 11.1 Å². The summed E-state index contributed by atoms with van der Waals surface area (Å²) in [5.41, 5.74) is 5.59. The fourth-order valence-electron chi connectivity index (χ4n) is 0.776. The first-order chi connectivity index (χ1) is 5.68. The fraction of sp³-hybridized carbons (Fsp3) is 0.714. The molecule has 68 valence electrons. The molecule has 0 saturated carbocycles. The molecule has 1 aromatic rings. The van der Waals surface area contributed by atoms with Crippen LogP contribution in [0.15, 0.2) is 0 Å². The number of nitrogens with one attached hydrogen (secondary N) is 1. The van der Waals surface area contributed by atoms with Crippen LogP contribution in [0.4, 0.5) is 5.13 Å². The Morgan fingerprint density at radius 1 is 1.67 bits per heavy atom. The SMILES string of the molecule is Cc1nsc(NCCC(C)N)n1. The molecule has 1 unspecified atom stereocenters. The molecule has 0 radical (unpaired) electrons. The average molecular weight is 186 g/mol. The van der Waals surface area contributed by atoms with Crippen LogP contribution in [0.1, 0.15) is 19.2 Å². The highest BCUT2D eigenvalue weighted by atomic mass is 32.1. The third kappa shape index (κ3) is 3.15. The van der Waals surface area contributed by atoms with Gasteiger partial charge in [-0.05, 0) is 20.3 Å². The molecule has 0 fully saturated rings. The van der Waals surface area contributed by atoms with Gasteiger partial charge in [-0.25, -0.2) is 4.98 Å². The van der Waals surface area contributed by atoms with Gasteiger partial charge in [-0.1, -0.05) is 0 Å². The van der Waals surface area contributed by atoms with Crippen molar-refractivity contribution >= 4 is 16.7 Å². The van der Waals surface area contributed by atoms with Crippen molar-refractivity contribution in [2.45, 2.75) is 26.3 Å². The Hall–Kier alpha value is -0.680. The van der Waals surface area contributed by atoms with Crippen molar-refractivity contribution in [1.82, 2.24) is 9.36 Å². The molecule has 1 aromatic heterocycles. The summed E-state index contributed by atoms with van der Waals surface area (Å²) in [5, 5.41) is 4.04. The monoisotopic (exact) mass is 186 g/mol. The van der Waals surface area contributed by atoms with Crippen molar-refractivity contribution in [2.24, 2.45) is 5.73 Å². The minimum atomic E-state index is 0.242. The number of rotatable bonds is 4. The van der Waals surface area contributed by atoms with Crippen LogP contribution in [-0.2, 0) is 0 Å². The summed E-state index contributed by atoms with van der Waals surface area (Å²) in [6.07, 6.45) is 0.957. The largest absolute Gasteiger partial charge is 0.360 e. The van der Waals surface area contributed by atoms with Crippen molar-refractivity contribution in [2.75, 3.05) is 11.9 Å². The molecule has 1 rings (SSSR count). The van der Waals surface area contributed by atoms with Gasteiger partial charge >= 0.3 is 0 Å². The molecular weight excluding hydrogens is 172 g/mol. The van der Waals surface area contributed by atoms with Gasteiger partial charge in [-0.15, -0.1) is 0 Å². The van der Waals surface area contributed by atoms with Crippen LogP contribution in [-0.4, -0.2) is 21.9 Å². The van der Waals surface area contributed by atoms with Crippen LogP contribution < -0.4 is 11.1 Å². The second-order valence-corrected chi connectivity index (χ2v) is 3.59. The molecule has 1 heterocycles. The summed E-state index contributed by atoms with van der Waals surface area (Å²) in [5.74, 6) is 0.822. The maximum Gasteiger partial charge on any atom is 0.202 e. The fourth-order valence-corrected chi connectivity index (χ4v) is 1.37. The molecule has 5 heteroatoms. The zero-order valence-electron chi connectivity index (χ0n) is 7.37. The molecular formula is C7H14N4S. The maximum atomic E-state index is 5.59. The number of nitrogens with two attached hydrogens (primary N) is 1. The second kappa shape index (κ2) is 4.37. The number of hydrogen-bond donors (Lipinski definition) is 2. The van der Waals surface area contributed by atoms with Crippen molar-refractivity contribution in [3.05, 3.63) is 5.82 Å². The van der Waals surface area contributed by atoms with Crippen LogP contribution in [0.5, 0.6) is 0 Å². The molecule has 12 heavy (non-hydrogen) atoms. The van der Waals surface area contributed by atoms with Gasteiger partial charge in [-0.3, -0.25) is 0 Å². The number of aromatic nitrogens is 2. The minimum absolute atomic E-state index is 0.242. The number of anilines is 1. The lowest BCUT2D eigenvalue weighted by molar-refractivity contribution is 0.690. The second-order valence-electron chi connectivity index (χ2n) is 2.84. The van der Waals surface area contributed by atoms with E-state index in [1.165, 1.54) is 11.5 Å². The number of nitrogens with zero attached hydrogens (tertiary/aromatic N) is 2. The minimum Gasteiger partial charge on any atom is -0.360 e. The van der Waals surface area contributed by atoms with E-state index in [-0.39, 0.29) is 6.04 Å². The first kappa shape index (κ1) is 9.41. The maximum absolute atomic E-state index is 5.59. The lowest BCUT2D eigenvalue weighted by Gasteiger charge is -2.04. The van der Waals surface area contributed by atoms with E-state index < -0.39 is 0 Å². The molecule has 1 atom stereocenters. The van der Waals surface area contributed by atoms with E-state index >= 15 is 0 Å². The summed E-state index contributed by atoms with van der Waals surface area (Å²) in [6, 6.07) is 0.242. The lowest BCUT2D eigenvalue weighted by Crippen LogP contribution is -2.19. The Kier molecular flexibility index (Phi) is 3.43. The molecule has 0 aliphatic carbocycles. The summed E-state index contributed by atoms with van der Waals surface area (Å²) in [6.45, 7) is 4.74. The predicted octanol–water partition coefficient (Wildman–Crippen LogP) is 0.996. The third-order valence-electron chi connectivity index (χ3n) is 1.40. The van der Waals surface area contributed by atoms with Crippen LogP contribution in [0.3, 0.4) is 0 Å². The summed E-state index contributed by atoms with van der Waals surface area (Å²) >= 11 is 1.39. The Morgan fingerprint density at radius 2 is 2.42 bits per heavy atom. The first-order valence-electron chi connectivity index (χ1n) is 3.98. The first-order valence-corrected chi connectivity index (χ1v) is 4.75. The van der Waals surface area contributed by atoms with Crippen molar-refractivity contribution in [3.8, 4) is 0 Å². The number of aryl methyl sites for hydroxylation is 1. The van der Waals surface area contributed by atoms with Crippen LogP contribution in [0, 0.1) is 6.92 Å². The van der Waals surface area contributed by atoms with Crippen molar-refractivity contribution < 1.29 is 0 Å². The van der Waals surface area contributed by atoms with Gasteiger partial charge in [0, 0.05) is 24.1 Å². The van der Waals surface area contributed by atoms with Gasteiger partial charge in [-0.2, -0.15) is 4.37 Å². The highest BCUT2D eigenvalue weighted by Gasteiger charge is 1.98. The van der Waals surface area contributed by atoms with E-state index in [0.717, 1.165) is 23.9 Å². The van der Waals surface area contributed by atoms with E-state index in [1.807, 2.05) is 13.8 Å². The van der Waals surface area contributed by atoms with Crippen molar-refractivity contribution in [3.63, 3.8) is 0 Å². The lowest BCUT2D eigenvalue weighted by atomic mass is 10.2. The molecule has 0 bridgehead atoms. The van der Waals surface area contributed by atoms with Crippen LogP contribution >= 0.6 is 11.5 Å². The van der Waals surface area contributed by atoms with Gasteiger partial charge in [0.25, 0.3) is 0 Å². The van der Waals surface area contributed by atoms with E-state index in [4.69, 9.17) is 5.73 Å². The topological polar surface area (TPSA) is 63.8 Å². The quantitative estimate of drug-likeness (QED) is 0.736. The molecule has 4 nitrogen and oxygen atoms in total. The highest BCUT2D eigenvalue weighted by molar-refractivity contribution is 7.09. The Labute approximate surface area is 76.4 Å². The van der Waals surface area contributed by atoms with E-state index in [0.29, 0.717) is 0 Å². The third-order valence-corrected chi connectivity index (χ3v) is 2.17. The van der Waals surface area contributed by atoms with E-state index in [1.54, 1.807) is 0 Å². The van der Waals surface area contributed by atoms with Gasteiger partial charge in [0.2, 0.25) is 5.13 Å². The van der Waals surface area contributed by atoms with Crippen LogP contribution in [0.25, 0.3) is 0 Å². The predicted molar refractivity (Wildman–Crippen MR) is 51.4 cm³/mol. The highest BCUT2D eigenvalue weighted by Crippen LogP contribution is 2.09. The van der Waals surface area contributed by atoms with Crippen LogP contribution in [0.2, 0.25) is 0 Å².